The van der Waals surface area contributed by atoms with Crippen molar-refractivity contribution in [2.45, 2.75) is 51.7 Å². The third-order valence-electron chi connectivity index (χ3n) is 4.08. The molecule has 1 saturated carbocycles. The van der Waals surface area contributed by atoms with Crippen LogP contribution in [0.1, 0.15) is 49.6 Å². The maximum Gasteiger partial charge on any atom is 0.186 e. The van der Waals surface area contributed by atoms with E-state index < -0.39 is 0 Å². The Morgan fingerprint density at radius 2 is 2.25 bits per heavy atom. The van der Waals surface area contributed by atoms with Crippen LogP contribution in [0.25, 0.3) is 0 Å². The summed E-state index contributed by atoms with van der Waals surface area (Å²) in [6.45, 7) is 9.16. The van der Waals surface area contributed by atoms with Crippen molar-refractivity contribution in [3.8, 4) is 0 Å². The van der Waals surface area contributed by atoms with Crippen LogP contribution in [0.3, 0.4) is 0 Å². The van der Waals surface area contributed by atoms with Crippen molar-refractivity contribution < 1.29 is 4.74 Å². The molecule has 2 heterocycles. The van der Waals surface area contributed by atoms with Crippen molar-refractivity contribution >= 4 is 16.5 Å². The molecule has 5 heteroatoms. The molecule has 1 N–H and O–H groups in total. The van der Waals surface area contributed by atoms with Gasteiger partial charge in [0.05, 0.1) is 18.4 Å². The van der Waals surface area contributed by atoms with E-state index in [1.54, 1.807) is 0 Å². The molecule has 0 spiro atoms. The van der Waals surface area contributed by atoms with Crippen LogP contribution < -0.4 is 10.2 Å². The predicted octanol–water partition coefficient (Wildman–Crippen LogP) is 2.75. The minimum atomic E-state index is 0.370. The molecule has 112 valence electrons. The van der Waals surface area contributed by atoms with E-state index in [9.17, 15) is 0 Å². The Bertz CT molecular complexity index is 444. The first-order valence-electron chi connectivity index (χ1n) is 7.88. The second-order valence-electron chi connectivity index (χ2n) is 5.71. The van der Waals surface area contributed by atoms with Crippen LogP contribution in [0.15, 0.2) is 0 Å². The van der Waals surface area contributed by atoms with Crippen LogP contribution >= 0.6 is 11.3 Å². The summed E-state index contributed by atoms with van der Waals surface area (Å²) in [4.78, 5) is 8.83. The smallest absolute Gasteiger partial charge is 0.186 e. The van der Waals surface area contributed by atoms with Gasteiger partial charge in [-0.25, -0.2) is 4.98 Å². The summed E-state index contributed by atoms with van der Waals surface area (Å²) < 4.78 is 5.76. The van der Waals surface area contributed by atoms with Crippen molar-refractivity contribution in [3.63, 3.8) is 0 Å². The number of nitrogens with one attached hydrogen (secondary N) is 1. The lowest BCUT2D eigenvalue weighted by molar-refractivity contribution is 0.0384. The summed E-state index contributed by atoms with van der Waals surface area (Å²) in [5, 5.41) is 4.66. The Kier molecular flexibility index (Phi) is 4.58. The average Bonchev–Trinajstić information content (AvgIpc) is 3.25. The molecule has 2 fully saturated rings. The Morgan fingerprint density at radius 1 is 1.40 bits per heavy atom. The van der Waals surface area contributed by atoms with E-state index in [1.165, 1.54) is 28.5 Å². The van der Waals surface area contributed by atoms with Crippen molar-refractivity contribution in [2.24, 2.45) is 0 Å². The number of nitrogens with zero attached hydrogens (tertiary/aromatic N) is 2. The van der Waals surface area contributed by atoms with Crippen LogP contribution in [0.4, 0.5) is 5.13 Å². The SMILES string of the molecule is CCNCc1sc(N2CCOC(CC)C2)nc1C1CC1. The highest BCUT2D eigenvalue weighted by Gasteiger charge is 2.31. The second kappa shape index (κ2) is 6.41. The zero-order chi connectivity index (χ0) is 13.9. The topological polar surface area (TPSA) is 37.4 Å². The molecule has 0 bridgehead atoms. The lowest BCUT2D eigenvalue weighted by Gasteiger charge is -2.32. The Hall–Kier alpha value is -0.650. The molecule has 1 aliphatic heterocycles. The fourth-order valence-electron chi connectivity index (χ4n) is 2.67. The number of hydrogen-bond acceptors (Lipinski definition) is 5. The van der Waals surface area contributed by atoms with E-state index in [2.05, 4.69) is 24.1 Å². The fraction of sp³-hybridized carbons (Fsp3) is 0.800. The second-order valence-corrected chi connectivity index (χ2v) is 6.77. The molecule has 2 aliphatic rings. The van der Waals surface area contributed by atoms with E-state index >= 15 is 0 Å². The highest BCUT2D eigenvalue weighted by molar-refractivity contribution is 7.15. The van der Waals surface area contributed by atoms with Gasteiger partial charge in [0.2, 0.25) is 0 Å². The van der Waals surface area contributed by atoms with Gasteiger partial charge in [-0.15, -0.1) is 11.3 Å². The van der Waals surface area contributed by atoms with Crippen molar-refractivity contribution in [3.05, 3.63) is 10.6 Å². The molecule has 4 nitrogen and oxygen atoms in total. The minimum absolute atomic E-state index is 0.370. The third kappa shape index (κ3) is 3.15. The number of thiazole rings is 1. The van der Waals surface area contributed by atoms with Gasteiger partial charge < -0.3 is 15.0 Å². The zero-order valence-corrected chi connectivity index (χ0v) is 13.3. The molecule has 1 aliphatic carbocycles. The molecule has 0 aromatic carbocycles. The largest absolute Gasteiger partial charge is 0.375 e. The predicted molar refractivity (Wildman–Crippen MR) is 83.7 cm³/mol. The van der Waals surface area contributed by atoms with Gasteiger partial charge in [-0.1, -0.05) is 13.8 Å². The van der Waals surface area contributed by atoms with Gasteiger partial charge in [-0.2, -0.15) is 0 Å². The van der Waals surface area contributed by atoms with Gasteiger partial charge in [0, 0.05) is 30.4 Å². The van der Waals surface area contributed by atoms with E-state index in [0.29, 0.717) is 6.10 Å². The van der Waals surface area contributed by atoms with E-state index in [-0.39, 0.29) is 0 Å². The number of morpholine rings is 1. The molecule has 20 heavy (non-hydrogen) atoms. The van der Waals surface area contributed by atoms with Gasteiger partial charge in [0.15, 0.2) is 5.13 Å². The van der Waals surface area contributed by atoms with Crippen LogP contribution in [-0.4, -0.2) is 37.3 Å². The van der Waals surface area contributed by atoms with Crippen LogP contribution in [0.2, 0.25) is 0 Å². The summed E-state index contributed by atoms with van der Waals surface area (Å²) >= 11 is 1.88. The fourth-order valence-corrected chi connectivity index (χ4v) is 3.82. The quantitative estimate of drug-likeness (QED) is 0.875. The third-order valence-corrected chi connectivity index (χ3v) is 5.21. The first-order valence-corrected chi connectivity index (χ1v) is 8.70. The monoisotopic (exact) mass is 295 g/mol. The highest BCUT2D eigenvalue weighted by atomic mass is 32.1. The zero-order valence-electron chi connectivity index (χ0n) is 12.5. The standard InChI is InChI=1S/C15H25N3OS/c1-3-12-10-18(7-8-19-12)15-17-14(11-5-6-11)13(20-15)9-16-4-2/h11-12,16H,3-10H2,1-2H3. The molecule has 1 aromatic rings. The summed E-state index contributed by atoms with van der Waals surface area (Å²) in [6, 6.07) is 0. The van der Waals surface area contributed by atoms with Gasteiger partial charge in [-0.05, 0) is 25.8 Å². The van der Waals surface area contributed by atoms with Crippen LogP contribution in [0.5, 0.6) is 0 Å². The first kappa shape index (κ1) is 14.3. The maximum absolute atomic E-state index is 5.76. The van der Waals surface area contributed by atoms with E-state index in [0.717, 1.165) is 45.1 Å². The Morgan fingerprint density at radius 3 is 2.95 bits per heavy atom. The van der Waals surface area contributed by atoms with Gasteiger partial charge in [0.25, 0.3) is 0 Å². The van der Waals surface area contributed by atoms with E-state index in [1.807, 2.05) is 11.3 Å². The molecular weight excluding hydrogens is 270 g/mol. The van der Waals surface area contributed by atoms with E-state index in [4.69, 9.17) is 9.72 Å². The number of ether oxygens (including phenoxy) is 1. The van der Waals surface area contributed by atoms with Crippen molar-refractivity contribution in [1.29, 1.82) is 0 Å². The summed E-state index contributed by atoms with van der Waals surface area (Å²) in [6.07, 6.45) is 4.10. The summed E-state index contributed by atoms with van der Waals surface area (Å²) in [5.41, 5.74) is 1.37. The first-order chi connectivity index (χ1) is 9.81. The van der Waals surface area contributed by atoms with Gasteiger partial charge >= 0.3 is 0 Å². The van der Waals surface area contributed by atoms with Crippen molar-refractivity contribution in [1.82, 2.24) is 10.3 Å². The lowest BCUT2D eigenvalue weighted by Crippen LogP contribution is -2.42. The molecule has 1 atom stereocenters. The van der Waals surface area contributed by atoms with Crippen molar-refractivity contribution in [2.75, 3.05) is 31.1 Å². The molecule has 1 aromatic heterocycles. The highest BCUT2D eigenvalue weighted by Crippen LogP contribution is 2.44. The van der Waals surface area contributed by atoms with Crippen LogP contribution in [-0.2, 0) is 11.3 Å². The Balaban J connectivity index is 1.75. The minimum Gasteiger partial charge on any atom is -0.375 e. The lowest BCUT2D eigenvalue weighted by atomic mass is 10.2. The molecule has 0 radical (unpaired) electrons. The molecule has 1 saturated heterocycles. The summed E-state index contributed by atoms with van der Waals surface area (Å²) in [5.74, 6) is 0.733. The number of hydrogen-bond donors (Lipinski definition) is 1. The normalized spacial score (nSPS) is 23.3. The Labute approximate surface area is 125 Å². The molecular formula is C15H25N3OS. The average molecular weight is 295 g/mol. The maximum atomic E-state index is 5.76. The molecule has 1 unspecified atom stereocenters. The van der Waals surface area contributed by atoms with Gasteiger partial charge in [0.1, 0.15) is 0 Å². The summed E-state index contributed by atoms with van der Waals surface area (Å²) in [7, 11) is 0. The van der Waals surface area contributed by atoms with Crippen LogP contribution in [0, 0.1) is 0 Å². The molecule has 0 amide bonds. The number of rotatable bonds is 6. The number of aromatic nitrogens is 1. The molecule has 3 rings (SSSR count). The van der Waals surface area contributed by atoms with Gasteiger partial charge in [-0.3, -0.25) is 0 Å². The number of anilines is 1.